The summed E-state index contributed by atoms with van der Waals surface area (Å²) in [6.45, 7) is 0.335. The zero-order valence-electron chi connectivity index (χ0n) is 12.7. The topological polar surface area (TPSA) is 59.2 Å². The van der Waals surface area contributed by atoms with Gasteiger partial charge in [-0.15, -0.1) is 21.5 Å². The van der Waals surface area contributed by atoms with Crippen LogP contribution in [0, 0.1) is 0 Å². The lowest BCUT2D eigenvalue weighted by Gasteiger charge is -2.19. The van der Waals surface area contributed by atoms with Crippen LogP contribution in [-0.2, 0) is 6.54 Å². The number of carbonyl (C=O) groups excluding carboxylic acids is 1. The largest absolute Gasteiger partial charge is 0.419 e. The molecule has 0 spiro atoms. The molecular formula is C17H14ClN3O2S. The van der Waals surface area contributed by atoms with Crippen molar-refractivity contribution < 1.29 is 9.21 Å². The standard InChI is InChI=1S/C17H14ClN3O2S/c18-12-5-3-11(4-6-12)16-20-19-15(23-16)10-21(13-7-8-13)17(22)14-2-1-9-24-14/h1-6,9,13H,7-8,10H2. The minimum absolute atomic E-state index is 0.0266. The minimum Gasteiger partial charge on any atom is -0.419 e. The number of amides is 1. The van der Waals surface area contributed by atoms with Crippen molar-refractivity contribution in [2.75, 3.05) is 0 Å². The molecule has 0 N–H and O–H groups in total. The van der Waals surface area contributed by atoms with Crippen molar-refractivity contribution >= 4 is 28.8 Å². The monoisotopic (exact) mass is 359 g/mol. The Morgan fingerprint density at radius 1 is 1.25 bits per heavy atom. The van der Waals surface area contributed by atoms with Crippen molar-refractivity contribution in [2.24, 2.45) is 0 Å². The zero-order valence-corrected chi connectivity index (χ0v) is 14.3. The minimum atomic E-state index is 0.0266. The summed E-state index contributed by atoms with van der Waals surface area (Å²) >= 11 is 7.34. The summed E-state index contributed by atoms with van der Waals surface area (Å²) in [4.78, 5) is 15.2. The molecule has 3 aromatic rings. The average Bonchev–Trinajstić information content (AvgIpc) is 3.10. The molecule has 24 heavy (non-hydrogen) atoms. The van der Waals surface area contributed by atoms with Crippen molar-refractivity contribution in [3.63, 3.8) is 0 Å². The first-order valence-electron chi connectivity index (χ1n) is 7.63. The summed E-state index contributed by atoms with van der Waals surface area (Å²) in [6, 6.07) is 11.2. The van der Waals surface area contributed by atoms with Gasteiger partial charge in [-0.05, 0) is 48.6 Å². The van der Waals surface area contributed by atoms with Crippen LogP contribution < -0.4 is 0 Å². The molecular weight excluding hydrogens is 346 g/mol. The van der Waals surface area contributed by atoms with Crippen LogP contribution in [-0.4, -0.2) is 27.0 Å². The second-order valence-corrected chi connectivity index (χ2v) is 7.03. The second kappa shape index (κ2) is 6.37. The summed E-state index contributed by atoms with van der Waals surface area (Å²) in [5.74, 6) is 0.900. The molecule has 0 unspecified atom stereocenters. The Labute approximate surface area is 147 Å². The zero-order chi connectivity index (χ0) is 16.5. The fraction of sp³-hybridized carbons (Fsp3) is 0.235. The molecule has 4 rings (SSSR count). The van der Waals surface area contributed by atoms with Crippen molar-refractivity contribution in [1.82, 2.24) is 15.1 Å². The molecule has 2 aromatic heterocycles. The number of hydrogen-bond donors (Lipinski definition) is 0. The van der Waals surface area contributed by atoms with Crippen LogP contribution in [0.3, 0.4) is 0 Å². The molecule has 0 atom stereocenters. The Bertz CT molecular complexity index is 841. The molecule has 122 valence electrons. The number of thiophene rings is 1. The van der Waals surface area contributed by atoms with E-state index in [0.717, 1.165) is 23.3 Å². The number of rotatable bonds is 5. The smallest absolute Gasteiger partial charge is 0.264 e. The van der Waals surface area contributed by atoms with Gasteiger partial charge in [0.05, 0.1) is 11.4 Å². The third kappa shape index (κ3) is 3.20. The second-order valence-electron chi connectivity index (χ2n) is 5.65. The van der Waals surface area contributed by atoms with E-state index >= 15 is 0 Å². The number of carbonyl (C=O) groups is 1. The van der Waals surface area contributed by atoms with Gasteiger partial charge in [-0.25, -0.2) is 0 Å². The quantitative estimate of drug-likeness (QED) is 0.683. The Kier molecular flexibility index (Phi) is 4.08. The predicted octanol–water partition coefficient (Wildman–Crippen LogP) is 4.26. The summed E-state index contributed by atoms with van der Waals surface area (Å²) < 4.78 is 5.73. The molecule has 0 bridgehead atoms. The molecule has 2 heterocycles. The number of aromatic nitrogens is 2. The van der Waals surface area contributed by atoms with Gasteiger partial charge in [0.25, 0.3) is 5.91 Å². The lowest BCUT2D eigenvalue weighted by atomic mass is 10.2. The molecule has 0 saturated heterocycles. The first-order valence-corrected chi connectivity index (χ1v) is 8.89. The van der Waals surface area contributed by atoms with Crippen molar-refractivity contribution in [3.8, 4) is 11.5 Å². The van der Waals surface area contributed by atoms with Crippen LogP contribution in [0.25, 0.3) is 11.5 Å². The summed E-state index contributed by atoms with van der Waals surface area (Å²) in [7, 11) is 0. The third-order valence-corrected chi connectivity index (χ3v) is 4.95. The van der Waals surface area contributed by atoms with Gasteiger partial charge in [0.15, 0.2) is 0 Å². The van der Waals surface area contributed by atoms with Crippen LogP contribution in [0.4, 0.5) is 0 Å². The predicted molar refractivity (Wildman–Crippen MR) is 92.0 cm³/mol. The molecule has 1 fully saturated rings. The van der Waals surface area contributed by atoms with Gasteiger partial charge in [-0.3, -0.25) is 4.79 Å². The van der Waals surface area contributed by atoms with Gasteiger partial charge in [0, 0.05) is 16.6 Å². The van der Waals surface area contributed by atoms with Crippen LogP contribution in [0.2, 0.25) is 5.02 Å². The van der Waals surface area contributed by atoms with Gasteiger partial charge >= 0.3 is 0 Å². The van der Waals surface area contributed by atoms with E-state index in [9.17, 15) is 4.79 Å². The molecule has 1 aliphatic rings. The first-order chi connectivity index (χ1) is 11.7. The summed E-state index contributed by atoms with van der Waals surface area (Å²) in [5.41, 5.74) is 0.806. The molecule has 1 aromatic carbocycles. The van der Waals surface area contributed by atoms with E-state index in [2.05, 4.69) is 10.2 Å². The number of halogens is 1. The third-order valence-electron chi connectivity index (χ3n) is 3.84. The lowest BCUT2D eigenvalue weighted by molar-refractivity contribution is 0.0719. The van der Waals surface area contributed by atoms with E-state index in [1.165, 1.54) is 11.3 Å². The molecule has 5 nitrogen and oxygen atoms in total. The maximum Gasteiger partial charge on any atom is 0.264 e. The van der Waals surface area contributed by atoms with Crippen LogP contribution in [0.1, 0.15) is 28.4 Å². The van der Waals surface area contributed by atoms with E-state index in [-0.39, 0.29) is 11.9 Å². The maximum absolute atomic E-state index is 12.6. The SMILES string of the molecule is O=C(c1cccs1)N(Cc1nnc(-c2ccc(Cl)cc2)o1)C1CC1. The summed E-state index contributed by atoms with van der Waals surface area (Å²) in [6.07, 6.45) is 2.05. The number of nitrogens with zero attached hydrogens (tertiary/aromatic N) is 3. The van der Waals surface area contributed by atoms with E-state index in [0.29, 0.717) is 23.3 Å². The first kappa shape index (κ1) is 15.4. The van der Waals surface area contributed by atoms with Crippen LogP contribution >= 0.6 is 22.9 Å². The van der Waals surface area contributed by atoms with Crippen LogP contribution in [0.5, 0.6) is 0 Å². The molecule has 1 aliphatic carbocycles. The Balaban J connectivity index is 1.53. The number of benzene rings is 1. The van der Waals surface area contributed by atoms with E-state index in [4.69, 9.17) is 16.0 Å². The van der Waals surface area contributed by atoms with Crippen LogP contribution in [0.15, 0.2) is 46.2 Å². The van der Waals surface area contributed by atoms with E-state index in [1.54, 1.807) is 12.1 Å². The van der Waals surface area contributed by atoms with Crippen molar-refractivity contribution in [1.29, 1.82) is 0 Å². The van der Waals surface area contributed by atoms with Gasteiger partial charge < -0.3 is 9.32 Å². The van der Waals surface area contributed by atoms with E-state index in [1.807, 2.05) is 34.5 Å². The Morgan fingerprint density at radius 3 is 2.71 bits per heavy atom. The Morgan fingerprint density at radius 2 is 2.04 bits per heavy atom. The lowest BCUT2D eigenvalue weighted by Crippen LogP contribution is -2.32. The Hall–Kier alpha value is -2.18. The fourth-order valence-electron chi connectivity index (χ4n) is 2.47. The van der Waals surface area contributed by atoms with Crippen molar-refractivity contribution in [2.45, 2.75) is 25.4 Å². The van der Waals surface area contributed by atoms with Gasteiger partial charge in [0.2, 0.25) is 11.8 Å². The maximum atomic E-state index is 12.6. The number of hydrogen-bond acceptors (Lipinski definition) is 5. The molecule has 1 saturated carbocycles. The van der Waals surface area contributed by atoms with Gasteiger partial charge in [-0.1, -0.05) is 17.7 Å². The van der Waals surface area contributed by atoms with E-state index < -0.39 is 0 Å². The molecule has 1 amide bonds. The molecule has 0 aliphatic heterocycles. The average molecular weight is 360 g/mol. The molecule has 7 heteroatoms. The highest BCUT2D eigenvalue weighted by atomic mass is 35.5. The van der Waals surface area contributed by atoms with Gasteiger partial charge in [-0.2, -0.15) is 0 Å². The molecule has 0 radical (unpaired) electrons. The normalized spacial score (nSPS) is 13.9. The summed E-state index contributed by atoms with van der Waals surface area (Å²) in [5, 5.41) is 10.7. The highest BCUT2D eigenvalue weighted by Gasteiger charge is 2.34. The van der Waals surface area contributed by atoms with Gasteiger partial charge in [0.1, 0.15) is 0 Å². The highest BCUT2D eigenvalue weighted by molar-refractivity contribution is 7.12. The van der Waals surface area contributed by atoms with Crippen molar-refractivity contribution in [3.05, 3.63) is 57.6 Å². The highest BCUT2D eigenvalue weighted by Crippen LogP contribution is 2.31. The fourth-order valence-corrected chi connectivity index (χ4v) is 3.27.